The van der Waals surface area contributed by atoms with Gasteiger partial charge in [0, 0.05) is 12.1 Å². The molecular formula is C12H11N3O3. The fourth-order valence-corrected chi connectivity index (χ4v) is 1.79. The zero-order valence-electron chi connectivity index (χ0n) is 9.95. The summed E-state index contributed by atoms with van der Waals surface area (Å²) in [5, 5.41) is 14.8. The molecule has 1 heterocycles. The molecule has 1 aromatic carbocycles. The number of aldehydes is 1. The highest BCUT2D eigenvalue weighted by molar-refractivity contribution is 5.78. The van der Waals surface area contributed by atoms with E-state index >= 15 is 0 Å². The smallest absolute Gasteiger partial charge is 0.269 e. The van der Waals surface area contributed by atoms with Gasteiger partial charge in [0.15, 0.2) is 6.29 Å². The van der Waals surface area contributed by atoms with E-state index in [2.05, 4.69) is 5.10 Å². The van der Waals surface area contributed by atoms with Crippen LogP contribution >= 0.6 is 0 Å². The molecule has 2 aromatic rings. The molecule has 0 fully saturated rings. The van der Waals surface area contributed by atoms with Gasteiger partial charge in [0.25, 0.3) is 5.69 Å². The molecular weight excluding hydrogens is 234 g/mol. The second-order valence-corrected chi connectivity index (χ2v) is 3.89. The lowest BCUT2D eigenvalue weighted by Gasteiger charge is -2.03. The van der Waals surface area contributed by atoms with Crippen molar-refractivity contribution in [2.75, 3.05) is 0 Å². The van der Waals surface area contributed by atoms with Crippen LogP contribution in [0.4, 0.5) is 5.69 Å². The van der Waals surface area contributed by atoms with Crippen LogP contribution in [0.5, 0.6) is 0 Å². The Morgan fingerprint density at radius 2 is 1.89 bits per heavy atom. The fourth-order valence-electron chi connectivity index (χ4n) is 1.79. The normalized spacial score (nSPS) is 10.3. The molecule has 1 aromatic heterocycles. The minimum Gasteiger partial charge on any atom is -0.298 e. The standard InChI is InChI=1S/C12H11N3O3/c1-8-12(7-16)9(2)14(13-8)10-3-5-11(6-4-10)15(17)18/h3-7H,1-2H3. The molecule has 92 valence electrons. The van der Waals surface area contributed by atoms with Crippen LogP contribution < -0.4 is 0 Å². The Kier molecular flexibility index (Phi) is 2.93. The highest BCUT2D eigenvalue weighted by Crippen LogP contribution is 2.19. The summed E-state index contributed by atoms with van der Waals surface area (Å²) in [5.74, 6) is 0. The second kappa shape index (κ2) is 4.40. The van der Waals surface area contributed by atoms with E-state index in [1.54, 1.807) is 30.7 Å². The van der Waals surface area contributed by atoms with Crippen molar-refractivity contribution in [1.29, 1.82) is 0 Å². The molecule has 0 bridgehead atoms. The molecule has 0 amide bonds. The number of rotatable bonds is 3. The molecule has 0 saturated heterocycles. The maximum Gasteiger partial charge on any atom is 0.269 e. The van der Waals surface area contributed by atoms with Crippen LogP contribution in [0.25, 0.3) is 5.69 Å². The highest BCUT2D eigenvalue weighted by atomic mass is 16.6. The van der Waals surface area contributed by atoms with Gasteiger partial charge in [0.05, 0.1) is 27.6 Å². The number of nitro groups is 1. The van der Waals surface area contributed by atoms with E-state index in [4.69, 9.17) is 0 Å². The summed E-state index contributed by atoms with van der Waals surface area (Å²) in [6.45, 7) is 3.53. The molecule has 0 spiro atoms. The van der Waals surface area contributed by atoms with Gasteiger partial charge in [0.1, 0.15) is 0 Å². The van der Waals surface area contributed by atoms with Gasteiger partial charge in [-0.05, 0) is 26.0 Å². The minimum atomic E-state index is -0.457. The van der Waals surface area contributed by atoms with Crippen molar-refractivity contribution in [2.45, 2.75) is 13.8 Å². The van der Waals surface area contributed by atoms with E-state index in [1.807, 2.05) is 0 Å². The van der Waals surface area contributed by atoms with Gasteiger partial charge < -0.3 is 0 Å². The Balaban J connectivity index is 2.49. The number of benzene rings is 1. The van der Waals surface area contributed by atoms with Gasteiger partial charge in [-0.2, -0.15) is 5.10 Å². The lowest BCUT2D eigenvalue weighted by Crippen LogP contribution is -1.99. The predicted octanol–water partition coefficient (Wildman–Crippen LogP) is 2.21. The number of hydrogen-bond donors (Lipinski definition) is 0. The molecule has 0 radical (unpaired) electrons. The van der Waals surface area contributed by atoms with E-state index in [-0.39, 0.29) is 5.69 Å². The van der Waals surface area contributed by atoms with Crippen molar-refractivity contribution in [3.63, 3.8) is 0 Å². The molecule has 0 aliphatic carbocycles. The van der Waals surface area contributed by atoms with Crippen molar-refractivity contribution < 1.29 is 9.72 Å². The van der Waals surface area contributed by atoms with E-state index in [0.717, 1.165) is 12.0 Å². The summed E-state index contributed by atoms with van der Waals surface area (Å²) in [7, 11) is 0. The largest absolute Gasteiger partial charge is 0.298 e. The lowest BCUT2D eigenvalue weighted by atomic mass is 10.2. The third-order valence-electron chi connectivity index (χ3n) is 2.77. The molecule has 0 aliphatic rings. The van der Waals surface area contributed by atoms with Gasteiger partial charge in [-0.15, -0.1) is 0 Å². The van der Waals surface area contributed by atoms with Crippen molar-refractivity contribution in [3.8, 4) is 5.69 Å². The van der Waals surface area contributed by atoms with Gasteiger partial charge in [-0.25, -0.2) is 4.68 Å². The Hall–Kier alpha value is -2.50. The van der Waals surface area contributed by atoms with Crippen LogP contribution in [-0.2, 0) is 0 Å². The summed E-state index contributed by atoms with van der Waals surface area (Å²) in [6, 6.07) is 6.02. The fraction of sp³-hybridized carbons (Fsp3) is 0.167. The number of carbonyl (C=O) groups excluding carboxylic acids is 1. The van der Waals surface area contributed by atoms with Crippen molar-refractivity contribution in [1.82, 2.24) is 9.78 Å². The first-order chi connectivity index (χ1) is 8.54. The Morgan fingerprint density at radius 3 is 2.33 bits per heavy atom. The molecule has 18 heavy (non-hydrogen) atoms. The summed E-state index contributed by atoms with van der Waals surface area (Å²) in [6.07, 6.45) is 0.763. The molecule has 0 atom stereocenters. The number of nitrogens with zero attached hydrogens (tertiary/aromatic N) is 3. The molecule has 0 unspecified atom stereocenters. The third kappa shape index (κ3) is 1.88. The quantitative estimate of drug-likeness (QED) is 0.472. The molecule has 6 heteroatoms. The number of carbonyl (C=O) groups is 1. The molecule has 0 aliphatic heterocycles. The summed E-state index contributed by atoms with van der Waals surface area (Å²) in [5.41, 5.74) is 2.62. The lowest BCUT2D eigenvalue weighted by molar-refractivity contribution is -0.384. The molecule has 2 rings (SSSR count). The zero-order chi connectivity index (χ0) is 13.3. The van der Waals surface area contributed by atoms with Crippen LogP contribution in [0.2, 0.25) is 0 Å². The minimum absolute atomic E-state index is 0.0240. The van der Waals surface area contributed by atoms with Crippen LogP contribution in [-0.4, -0.2) is 21.0 Å². The van der Waals surface area contributed by atoms with Crippen LogP contribution in [0.1, 0.15) is 21.7 Å². The molecule has 6 nitrogen and oxygen atoms in total. The third-order valence-corrected chi connectivity index (χ3v) is 2.77. The number of hydrogen-bond acceptors (Lipinski definition) is 4. The molecule has 0 N–H and O–H groups in total. The van der Waals surface area contributed by atoms with Crippen LogP contribution in [0, 0.1) is 24.0 Å². The Labute approximate surface area is 103 Å². The Morgan fingerprint density at radius 1 is 1.28 bits per heavy atom. The van der Waals surface area contributed by atoms with E-state index < -0.39 is 4.92 Å². The maximum absolute atomic E-state index is 10.9. The van der Waals surface area contributed by atoms with Gasteiger partial charge >= 0.3 is 0 Å². The summed E-state index contributed by atoms with van der Waals surface area (Å²) < 4.78 is 1.60. The Bertz CT molecular complexity index is 614. The van der Waals surface area contributed by atoms with E-state index in [0.29, 0.717) is 16.9 Å². The van der Waals surface area contributed by atoms with Crippen LogP contribution in [0.3, 0.4) is 0 Å². The van der Waals surface area contributed by atoms with Crippen LogP contribution in [0.15, 0.2) is 24.3 Å². The average molecular weight is 245 g/mol. The van der Waals surface area contributed by atoms with Gasteiger partial charge in [-0.1, -0.05) is 0 Å². The SMILES string of the molecule is Cc1nn(-c2ccc([N+](=O)[O-])cc2)c(C)c1C=O. The summed E-state index contributed by atoms with van der Waals surface area (Å²) >= 11 is 0. The van der Waals surface area contributed by atoms with Crippen molar-refractivity contribution >= 4 is 12.0 Å². The topological polar surface area (TPSA) is 78.0 Å². The number of aromatic nitrogens is 2. The average Bonchev–Trinajstić information content (AvgIpc) is 2.64. The van der Waals surface area contributed by atoms with Crippen molar-refractivity contribution in [2.24, 2.45) is 0 Å². The monoisotopic (exact) mass is 245 g/mol. The maximum atomic E-state index is 10.9. The first-order valence-corrected chi connectivity index (χ1v) is 5.31. The number of non-ortho nitro benzene ring substituents is 1. The second-order valence-electron chi connectivity index (χ2n) is 3.89. The van der Waals surface area contributed by atoms with E-state index in [1.165, 1.54) is 12.1 Å². The predicted molar refractivity (Wildman–Crippen MR) is 65.1 cm³/mol. The van der Waals surface area contributed by atoms with E-state index in [9.17, 15) is 14.9 Å². The summed E-state index contributed by atoms with van der Waals surface area (Å²) in [4.78, 5) is 21.0. The first-order valence-electron chi connectivity index (χ1n) is 5.31. The first kappa shape index (κ1) is 12.0. The highest BCUT2D eigenvalue weighted by Gasteiger charge is 2.12. The molecule has 0 saturated carbocycles. The van der Waals surface area contributed by atoms with Crippen molar-refractivity contribution in [3.05, 3.63) is 51.3 Å². The number of nitro benzene ring substituents is 1. The zero-order valence-corrected chi connectivity index (χ0v) is 9.95. The van der Waals surface area contributed by atoms with Gasteiger partial charge in [0.2, 0.25) is 0 Å². The number of aryl methyl sites for hydroxylation is 1. The van der Waals surface area contributed by atoms with Gasteiger partial charge in [-0.3, -0.25) is 14.9 Å².